The zero-order valence-corrected chi connectivity index (χ0v) is 23.4. The quantitative estimate of drug-likeness (QED) is 0.108. The number of hydrogen-bond donors (Lipinski definition) is 2. The first-order valence-electron chi connectivity index (χ1n) is 12.8. The molecule has 1 fully saturated rings. The van der Waals surface area contributed by atoms with Crippen LogP contribution in [0.2, 0.25) is 0 Å². The Morgan fingerprint density at radius 2 is 1.64 bits per heavy atom. The van der Waals surface area contributed by atoms with Crippen LogP contribution in [0.3, 0.4) is 0 Å². The van der Waals surface area contributed by atoms with Gasteiger partial charge < -0.3 is 19.7 Å². The van der Waals surface area contributed by atoms with E-state index in [0.29, 0.717) is 22.2 Å². The zero-order chi connectivity index (χ0) is 29.2. The number of aromatic nitrogens is 1. The third-order valence-corrected chi connectivity index (χ3v) is 8.17. The summed E-state index contributed by atoms with van der Waals surface area (Å²) in [4.78, 5) is 30.8. The van der Waals surface area contributed by atoms with Crippen LogP contribution in [0.4, 0.5) is 11.4 Å². The zero-order valence-electron chi connectivity index (χ0n) is 21.8. The summed E-state index contributed by atoms with van der Waals surface area (Å²) in [6.07, 6.45) is 1.72. The second kappa shape index (κ2) is 11.5. The van der Waals surface area contributed by atoms with Gasteiger partial charge in [-0.2, -0.15) is 0 Å². The molecule has 0 saturated carbocycles. The van der Waals surface area contributed by atoms with E-state index >= 15 is 0 Å². The molecule has 6 rings (SSSR count). The van der Waals surface area contributed by atoms with Gasteiger partial charge in [0.25, 0.3) is 5.69 Å². The minimum absolute atomic E-state index is 0.0470. The topological polar surface area (TPSA) is 122 Å². The predicted molar refractivity (Wildman–Crippen MR) is 163 cm³/mol. The molecular weight excluding hydrogens is 572 g/mol. The molecule has 1 aliphatic heterocycles. The van der Waals surface area contributed by atoms with Crippen molar-refractivity contribution >= 4 is 46.4 Å². The van der Waals surface area contributed by atoms with Crippen LogP contribution in [-0.4, -0.2) is 26.1 Å². The summed E-state index contributed by atoms with van der Waals surface area (Å²) in [7, 11) is 0. The molecule has 0 aliphatic carbocycles. The number of carboxylic acids is 1. The van der Waals surface area contributed by atoms with Gasteiger partial charge in [-0.05, 0) is 78.9 Å². The van der Waals surface area contributed by atoms with E-state index in [1.54, 1.807) is 48.7 Å². The van der Waals surface area contributed by atoms with Crippen LogP contribution < -0.4 is 10.2 Å². The Kier molecular flexibility index (Phi) is 7.43. The molecule has 0 radical (unpaired) electrons. The molecule has 3 heterocycles. The largest absolute Gasteiger partial charge is 0.478 e. The third kappa shape index (κ3) is 5.35. The maximum atomic E-state index is 11.8. The lowest BCUT2D eigenvalue weighted by Crippen LogP contribution is -2.29. The molecule has 0 amide bonds. The van der Waals surface area contributed by atoms with Gasteiger partial charge in [0.1, 0.15) is 17.6 Å². The summed E-state index contributed by atoms with van der Waals surface area (Å²) in [6.45, 7) is 0. The van der Waals surface area contributed by atoms with E-state index < -0.39 is 16.9 Å². The molecule has 2 unspecified atom stereocenters. The summed E-state index contributed by atoms with van der Waals surface area (Å²) in [5, 5.41) is 24.6. The number of anilines is 1. The standard InChI is InChI=1S/C31H22N4O5S2/c36-30(37)24-6-2-1-5-23(24)26-16-17-27(40-26)29-28(25-7-3-4-18-32-25)33-31(41)34(29)19-8-12-21(13-9-19)42-22-14-10-20(11-15-22)35(38)39/h1-18,28-29H,(H,33,41)(H,36,37). The number of hydrogen-bond acceptors (Lipinski definition) is 7. The van der Waals surface area contributed by atoms with Crippen LogP contribution in [0.25, 0.3) is 11.3 Å². The number of carbonyl (C=O) groups is 1. The molecule has 1 saturated heterocycles. The number of benzene rings is 3. The van der Waals surface area contributed by atoms with Gasteiger partial charge in [-0.1, -0.05) is 36.0 Å². The number of rotatable bonds is 8. The molecular formula is C31H22N4O5S2. The lowest BCUT2D eigenvalue weighted by atomic mass is 10.0. The minimum atomic E-state index is -1.04. The number of thiocarbonyl (C=S) groups is 1. The van der Waals surface area contributed by atoms with Crippen molar-refractivity contribution in [3.8, 4) is 11.3 Å². The Labute approximate surface area is 250 Å². The van der Waals surface area contributed by atoms with Crippen molar-refractivity contribution in [2.24, 2.45) is 0 Å². The van der Waals surface area contributed by atoms with Gasteiger partial charge >= 0.3 is 5.97 Å². The molecule has 0 bridgehead atoms. The highest BCUT2D eigenvalue weighted by Gasteiger charge is 2.42. The second-order valence-corrected chi connectivity index (χ2v) is 10.9. The van der Waals surface area contributed by atoms with Crippen molar-refractivity contribution in [3.05, 3.63) is 136 Å². The summed E-state index contributed by atoms with van der Waals surface area (Å²) in [5.41, 5.74) is 2.29. The van der Waals surface area contributed by atoms with Gasteiger partial charge in [-0.25, -0.2) is 4.79 Å². The summed E-state index contributed by atoms with van der Waals surface area (Å²) in [6, 6.07) is 29.5. The first-order chi connectivity index (χ1) is 20.4. The first-order valence-corrected chi connectivity index (χ1v) is 14.1. The number of pyridine rings is 1. The monoisotopic (exact) mass is 594 g/mol. The Bertz CT molecular complexity index is 1780. The average molecular weight is 595 g/mol. The van der Waals surface area contributed by atoms with Crippen LogP contribution >= 0.6 is 24.0 Å². The molecule has 2 N–H and O–H groups in total. The van der Waals surface area contributed by atoms with Crippen molar-refractivity contribution in [1.29, 1.82) is 0 Å². The Morgan fingerprint density at radius 1 is 0.952 bits per heavy atom. The molecule has 11 heteroatoms. The number of furan rings is 1. The lowest BCUT2D eigenvalue weighted by Gasteiger charge is -2.26. The number of carboxylic acid groups (broad SMARTS) is 1. The van der Waals surface area contributed by atoms with Gasteiger partial charge in [0, 0.05) is 39.4 Å². The highest BCUT2D eigenvalue weighted by molar-refractivity contribution is 7.99. The molecule has 2 atom stereocenters. The third-order valence-electron chi connectivity index (χ3n) is 6.84. The molecule has 0 spiro atoms. The average Bonchev–Trinajstić information content (AvgIpc) is 3.63. The van der Waals surface area contributed by atoms with Gasteiger partial charge in [-0.15, -0.1) is 0 Å². The maximum absolute atomic E-state index is 11.8. The van der Waals surface area contributed by atoms with E-state index in [0.717, 1.165) is 21.2 Å². The molecule has 42 heavy (non-hydrogen) atoms. The lowest BCUT2D eigenvalue weighted by molar-refractivity contribution is -0.384. The van der Waals surface area contributed by atoms with Crippen LogP contribution in [0.1, 0.15) is 33.9 Å². The van der Waals surface area contributed by atoms with Gasteiger partial charge in [0.05, 0.1) is 22.2 Å². The van der Waals surface area contributed by atoms with Crippen LogP contribution in [0.15, 0.2) is 124 Å². The SMILES string of the molecule is O=C(O)c1ccccc1-c1ccc(C2C(c3ccccn3)NC(=S)N2c2ccc(Sc3ccc([N+](=O)[O-])cc3)cc2)o1. The number of nitro groups is 1. The van der Waals surface area contributed by atoms with Crippen molar-refractivity contribution in [3.63, 3.8) is 0 Å². The van der Waals surface area contributed by atoms with E-state index in [1.807, 2.05) is 53.4 Å². The summed E-state index contributed by atoms with van der Waals surface area (Å²) < 4.78 is 6.34. The second-order valence-electron chi connectivity index (χ2n) is 9.40. The van der Waals surface area contributed by atoms with Crippen molar-refractivity contribution in [2.75, 3.05) is 4.90 Å². The number of non-ortho nitro benzene ring substituents is 1. The fourth-order valence-corrected chi connectivity index (χ4v) is 6.07. The van der Waals surface area contributed by atoms with Crippen LogP contribution in [0, 0.1) is 10.1 Å². The number of aromatic carboxylic acids is 1. The fourth-order valence-electron chi connectivity index (χ4n) is 4.91. The molecule has 208 valence electrons. The Morgan fingerprint density at radius 3 is 2.31 bits per heavy atom. The van der Waals surface area contributed by atoms with Crippen molar-refractivity contribution in [1.82, 2.24) is 10.3 Å². The van der Waals surface area contributed by atoms with Gasteiger partial charge in [-0.3, -0.25) is 15.1 Å². The van der Waals surface area contributed by atoms with E-state index in [9.17, 15) is 20.0 Å². The van der Waals surface area contributed by atoms with Crippen LogP contribution in [-0.2, 0) is 0 Å². The normalized spacial score (nSPS) is 16.3. The summed E-state index contributed by atoms with van der Waals surface area (Å²) in [5.74, 6) is -0.000142. The van der Waals surface area contributed by atoms with E-state index in [1.165, 1.54) is 23.9 Å². The van der Waals surface area contributed by atoms with Gasteiger partial charge in [0.15, 0.2) is 5.11 Å². The smallest absolute Gasteiger partial charge is 0.336 e. The molecule has 3 aromatic carbocycles. The predicted octanol–water partition coefficient (Wildman–Crippen LogP) is 7.28. The van der Waals surface area contributed by atoms with Crippen molar-refractivity contribution < 1.29 is 19.2 Å². The highest BCUT2D eigenvalue weighted by atomic mass is 32.2. The number of nitrogens with one attached hydrogen (secondary N) is 1. The van der Waals surface area contributed by atoms with E-state index in [4.69, 9.17) is 16.6 Å². The first kappa shape index (κ1) is 27.2. The minimum Gasteiger partial charge on any atom is -0.478 e. The maximum Gasteiger partial charge on any atom is 0.336 e. The van der Waals surface area contributed by atoms with E-state index in [-0.39, 0.29) is 17.3 Å². The van der Waals surface area contributed by atoms with Crippen LogP contribution in [0.5, 0.6) is 0 Å². The highest BCUT2D eigenvalue weighted by Crippen LogP contribution is 2.43. The molecule has 5 aromatic rings. The molecule has 9 nitrogen and oxygen atoms in total. The van der Waals surface area contributed by atoms with E-state index in [2.05, 4.69) is 10.3 Å². The Hall–Kier alpha value is -5.00. The van der Waals surface area contributed by atoms with Crippen molar-refractivity contribution in [2.45, 2.75) is 21.9 Å². The number of nitro benzene ring substituents is 1. The van der Waals surface area contributed by atoms with Gasteiger partial charge in [0.2, 0.25) is 0 Å². The number of nitrogens with zero attached hydrogens (tertiary/aromatic N) is 3. The molecule has 2 aromatic heterocycles. The molecule has 1 aliphatic rings. The summed E-state index contributed by atoms with van der Waals surface area (Å²) >= 11 is 7.30. The fraction of sp³-hybridized carbons (Fsp3) is 0.0645. The Balaban J connectivity index is 1.34.